The zero-order chi connectivity index (χ0) is 30.1. The number of carbonyl (C=O) groups is 2. The Balaban J connectivity index is 1.64. The van der Waals surface area contributed by atoms with Crippen molar-refractivity contribution in [1.29, 1.82) is 0 Å². The predicted molar refractivity (Wildman–Crippen MR) is 168 cm³/mol. The van der Waals surface area contributed by atoms with Crippen LogP contribution in [0.1, 0.15) is 82.6 Å². The molecule has 2 amide bonds. The van der Waals surface area contributed by atoms with Crippen molar-refractivity contribution in [3.8, 4) is 11.5 Å². The number of halogens is 1. The average molecular weight is 699 g/mol. The number of aliphatic hydroxyl groups excluding tert-OH is 3. The van der Waals surface area contributed by atoms with Gasteiger partial charge in [-0.05, 0) is 77.5 Å². The molecule has 2 fully saturated rings. The van der Waals surface area contributed by atoms with Gasteiger partial charge in [-0.1, -0.05) is 44.9 Å². The summed E-state index contributed by atoms with van der Waals surface area (Å²) in [4.78, 5) is 29.0. The second kappa shape index (κ2) is 16.3. The molecule has 0 aliphatic heterocycles. The van der Waals surface area contributed by atoms with Crippen molar-refractivity contribution in [3.05, 3.63) is 32.9 Å². The first kappa shape index (κ1) is 33.0. The zero-order valence-corrected chi connectivity index (χ0v) is 26.9. The molecular formula is C32H47IN2O7. The van der Waals surface area contributed by atoms with Crippen molar-refractivity contribution in [3.63, 3.8) is 0 Å². The summed E-state index contributed by atoms with van der Waals surface area (Å²) >= 11 is 2.10. The highest BCUT2D eigenvalue weighted by molar-refractivity contribution is 14.1. The number of amides is 2. The molecule has 3 aliphatic rings. The van der Waals surface area contributed by atoms with E-state index in [1.54, 1.807) is 18.2 Å². The molecule has 0 aromatic heterocycles. The van der Waals surface area contributed by atoms with Crippen LogP contribution < -0.4 is 14.8 Å². The number of nitrogens with one attached hydrogen (secondary N) is 1. The Kier molecular flexibility index (Phi) is 12.8. The highest BCUT2D eigenvalue weighted by Crippen LogP contribution is 2.38. The van der Waals surface area contributed by atoms with Crippen molar-refractivity contribution in [2.45, 2.75) is 102 Å². The quantitative estimate of drug-likeness (QED) is 0.229. The van der Waals surface area contributed by atoms with Gasteiger partial charge in [0.05, 0.1) is 29.9 Å². The molecule has 0 bridgehead atoms. The van der Waals surface area contributed by atoms with Crippen LogP contribution in [0.15, 0.2) is 23.8 Å². The Morgan fingerprint density at radius 3 is 2.40 bits per heavy atom. The van der Waals surface area contributed by atoms with E-state index in [0.29, 0.717) is 51.0 Å². The molecule has 4 rings (SSSR count). The predicted octanol–water partition coefficient (Wildman–Crippen LogP) is 4.09. The third kappa shape index (κ3) is 8.60. The fraction of sp³-hybridized carbons (Fsp3) is 0.688. The molecule has 3 atom stereocenters. The maximum atomic E-state index is 13.9. The summed E-state index contributed by atoms with van der Waals surface area (Å²) in [5.41, 5.74) is 1.08. The van der Waals surface area contributed by atoms with E-state index < -0.39 is 18.2 Å². The van der Waals surface area contributed by atoms with Crippen molar-refractivity contribution >= 4 is 34.4 Å². The van der Waals surface area contributed by atoms with Gasteiger partial charge in [-0.15, -0.1) is 0 Å². The molecule has 1 aromatic carbocycles. The lowest BCUT2D eigenvalue weighted by Crippen LogP contribution is -2.56. The van der Waals surface area contributed by atoms with Crippen LogP contribution in [0, 0.1) is 15.4 Å². The average Bonchev–Trinajstić information content (AvgIpc) is 3.53. The minimum atomic E-state index is -1.07. The Bertz CT molecular complexity index is 1080. The van der Waals surface area contributed by atoms with Gasteiger partial charge >= 0.3 is 0 Å². The number of benzene rings is 1. The lowest BCUT2D eigenvalue weighted by molar-refractivity contribution is -0.140. The smallest absolute Gasteiger partial charge is 0.247 e. The molecule has 4 N–H and O–H groups in total. The van der Waals surface area contributed by atoms with Gasteiger partial charge in [0.1, 0.15) is 12.2 Å². The monoisotopic (exact) mass is 698 g/mol. The molecule has 3 aliphatic carbocycles. The summed E-state index contributed by atoms with van der Waals surface area (Å²) in [6.07, 6.45) is 11.5. The summed E-state index contributed by atoms with van der Waals surface area (Å²) in [5.74, 6) is 1.44. The summed E-state index contributed by atoms with van der Waals surface area (Å²) in [7, 11) is 1.51. The number of hydrogen-bond donors (Lipinski definition) is 4. The summed E-state index contributed by atoms with van der Waals surface area (Å²) < 4.78 is 12.6. The summed E-state index contributed by atoms with van der Waals surface area (Å²) in [5, 5.41) is 33.5. The second-order valence-corrected chi connectivity index (χ2v) is 13.2. The van der Waals surface area contributed by atoms with Gasteiger partial charge < -0.3 is 35.0 Å². The molecule has 2 saturated carbocycles. The third-order valence-electron chi connectivity index (χ3n) is 9.08. The van der Waals surface area contributed by atoms with Gasteiger partial charge in [0.15, 0.2) is 11.5 Å². The Labute approximate surface area is 263 Å². The van der Waals surface area contributed by atoms with E-state index in [2.05, 4.69) is 27.9 Å². The molecule has 0 unspecified atom stereocenters. The fourth-order valence-electron chi connectivity index (χ4n) is 6.73. The summed E-state index contributed by atoms with van der Waals surface area (Å²) in [6.45, 7) is 0.324. The van der Waals surface area contributed by atoms with Crippen LogP contribution in [-0.4, -0.2) is 77.1 Å². The van der Waals surface area contributed by atoms with Gasteiger partial charge in [-0.25, -0.2) is 0 Å². The third-order valence-corrected chi connectivity index (χ3v) is 9.88. The number of ether oxygens (including phenoxy) is 2. The molecule has 10 heteroatoms. The van der Waals surface area contributed by atoms with Gasteiger partial charge in [-0.3, -0.25) is 9.59 Å². The summed E-state index contributed by atoms with van der Waals surface area (Å²) in [6, 6.07) is 2.84. The van der Waals surface area contributed by atoms with E-state index in [9.17, 15) is 24.9 Å². The molecule has 0 spiro atoms. The van der Waals surface area contributed by atoms with Crippen LogP contribution in [0.25, 0.3) is 0 Å². The number of methoxy groups -OCH3 is 1. The SMILES string of the molecule is COc1cc(CO)cc(I)c1O[C@H]1C=C(C(=O)NCCO)C[C@@H](N(CC2CCCCC2)C(=O)CCC2CCCC2)[C@@H]1O. The van der Waals surface area contributed by atoms with Crippen molar-refractivity contribution in [2.24, 2.45) is 11.8 Å². The van der Waals surface area contributed by atoms with E-state index in [1.165, 1.54) is 39.2 Å². The second-order valence-electron chi connectivity index (χ2n) is 12.0. The van der Waals surface area contributed by atoms with Crippen LogP contribution in [-0.2, 0) is 16.2 Å². The minimum Gasteiger partial charge on any atom is -0.493 e. The molecule has 1 aromatic rings. The molecule has 0 heterocycles. The highest BCUT2D eigenvalue weighted by atomic mass is 127. The minimum absolute atomic E-state index is 0.0340. The standard InChI is InChI=1S/C32H47IN2O7/c1-41-28-16-23(20-37)15-25(33)31(28)42-27-18-24(32(40)34-13-14-36)17-26(30(27)39)35(19-22-9-3-2-4-10-22)29(38)12-11-21-7-5-6-8-21/h15-16,18,21-22,26-27,30,36-37,39H,2-14,17,19-20H2,1H3,(H,34,40)/t26-,27+,30+/m1/s1. The zero-order valence-electron chi connectivity index (χ0n) is 24.7. The first-order valence-corrected chi connectivity index (χ1v) is 16.6. The number of nitrogens with zero attached hydrogens (tertiary/aromatic N) is 1. The highest BCUT2D eigenvalue weighted by Gasteiger charge is 2.41. The van der Waals surface area contributed by atoms with Crippen LogP contribution in [0.3, 0.4) is 0 Å². The van der Waals surface area contributed by atoms with Gasteiger partial charge in [0.2, 0.25) is 11.8 Å². The fourth-order valence-corrected chi connectivity index (χ4v) is 7.53. The lowest BCUT2D eigenvalue weighted by Gasteiger charge is -2.42. The normalized spacial score (nSPS) is 23.4. The van der Waals surface area contributed by atoms with Crippen LogP contribution >= 0.6 is 22.6 Å². The maximum Gasteiger partial charge on any atom is 0.247 e. The molecule has 9 nitrogen and oxygen atoms in total. The number of aliphatic hydroxyl groups is 3. The maximum absolute atomic E-state index is 13.9. The molecular weight excluding hydrogens is 651 g/mol. The van der Waals surface area contributed by atoms with Crippen LogP contribution in [0.5, 0.6) is 11.5 Å². The van der Waals surface area contributed by atoms with Crippen molar-refractivity contribution in [2.75, 3.05) is 26.8 Å². The van der Waals surface area contributed by atoms with E-state index >= 15 is 0 Å². The Morgan fingerprint density at radius 1 is 1.05 bits per heavy atom. The van der Waals surface area contributed by atoms with E-state index in [-0.39, 0.29) is 38.0 Å². The van der Waals surface area contributed by atoms with Gasteiger partial charge in [0.25, 0.3) is 0 Å². The van der Waals surface area contributed by atoms with E-state index in [0.717, 1.165) is 32.1 Å². The first-order chi connectivity index (χ1) is 20.3. The molecule has 42 heavy (non-hydrogen) atoms. The van der Waals surface area contributed by atoms with Gasteiger partial charge in [-0.2, -0.15) is 0 Å². The first-order valence-electron chi connectivity index (χ1n) is 15.6. The molecule has 234 valence electrons. The number of rotatable bonds is 13. The largest absolute Gasteiger partial charge is 0.493 e. The van der Waals surface area contributed by atoms with Crippen LogP contribution in [0.2, 0.25) is 0 Å². The Hall–Kier alpha value is -1.89. The number of hydrogen-bond acceptors (Lipinski definition) is 7. The van der Waals surface area contributed by atoms with Crippen molar-refractivity contribution < 1.29 is 34.4 Å². The van der Waals surface area contributed by atoms with E-state index in [1.807, 2.05) is 4.90 Å². The molecule has 0 saturated heterocycles. The van der Waals surface area contributed by atoms with E-state index in [4.69, 9.17) is 9.47 Å². The lowest BCUT2D eigenvalue weighted by atomic mass is 9.85. The number of carbonyl (C=O) groups excluding carboxylic acids is 2. The van der Waals surface area contributed by atoms with Gasteiger partial charge in [0, 0.05) is 31.5 Å². The Morgan fingerprint density at radius 2 is 1.74 bits per heavy atom. The van der Waals surface area contributed by atoms with Crippen LogP contribution in [0.4, 0.5) is 0 Å². The van der Waals surface area contributed by atoms with Crippen molar-refractivity contribution in [1.82, 2.24) is 10.2 Å². The molecule has 0 radical (unpaired) electrons. The topological polar surface area (TPSA) is 129 Å².